The van der Waals surface area contributed by atoms with Crippen LogP contribution in [0.5, 0.6) is 0 Å². The fourth-order valence-corrected chi connectivity index (χ4v) is 3.08. The van der Waals surface area contributed by atoms with E-state index in [-0.39, 0.29) is 18.1 Å². The minimum Gasteiger partial charge on any atom is -0.459 e. The molecule has 20 heavy (non-hydrogen) atoms. The van der Waals surface area contributed by atoms with Gasteiger partial charge in [0.1, 0.15) is 0 Å². The van der Waals surface area contributed by atoms with Crippen LogP contribution in [-0.4, -0.2) is 20.1 Å². The lowest BCUT2D eigenvalue weighted by Gasteiger charge is -2.19. The molecule has 0 aliphatic heterocycles. The van der Waals surface area contributed by atoms with Crippen molar-refractivity contribution in [3.05, 3.63) is 35.4 Å². The normalized spacial score (nSPS) is 13.3. The summed E-state index contributed by atoms with van der Waals surface area (Å²) in [6.07, 6.45) is 0.909. The van der Waals surface area contributed by atoms with E-state index in [4.69, 9.17) is 10.5 Å². The smallest absolute Gasteiger partial charge is 0.338 e. The van der Waals surface area contributed by atoms with Crippen molar-refractivity contribution < 1.29 is 9.53 Å². The predicted molar refractivity (Wildman–Crippen MR) is 86.7 cm³/mol. The van der Waals surface area contributed by atoms with Gasteiger partial charge < -0.3 is 10.5 Å². The molecule has 0 aromatic heterocycles. The average molecular weight is 293 g/mol. The highest BCUT2D eigenvalue weighted by atomic mass is 28.3. The van der Waals surface area contributed by atoms with Crippen molar-refractivity contribution >= 4 is 14.0 Å². The lowest BCUT2D eigenvalue weighted by Crippen LogP contribution is -2.22. The molecule has 0 bridgehead atoms. The summed E-state index contributed by atoms with van der Waals surface area (Å²) in [4.78, 5) is 11.7. The molecule has 1 aromatic carbocycles. The Balaban J connectivity index is 2.64. The van der Waals surface area contributed by atoms with Gasteiger partial charge in [0.25, 0.3) is 0 Å². The Morgan fingerprint density at radius 3 is 2.20 bits per heavy atom. The van der Waals surface area contributed by atoms with E-state index in [0.717, 1.165) is 12.0 Å². The number of hydrogen-bond acceptors (Lipinski definition) is 3. The van der Waals surface area contributed by atoms with Gasteiger partial charge in [-0.15, -0.1) is 0 Å². The third-order valence-electron chi connectivity index (χ3n) is 3.12. The number of rotatable bonds is 6. The molecule has 112 valence electrons. The maximum absolute atomic E-state index is 11.7. The Hall–Kier alpha value is -1.13. The first-order valence-electron chi connectivity index (χ1n) is 7.25. The highest BCUT2D eigenvalue weighted by Gasteiger charge is 2.16. The Morgan fingerprint density at radius 2 is 1.75 bits per heavy atom. The molecule has 0 fully saturated rings. The molecule has 4 heteroatoms. The zero-order valence-electron chi connectivity index (χ0n) is 13.3. The van der Waals surface area contributed by atoms with Gasteiger partial charge in [-0.3, -0.25) is 0 Å². The fraction of sp³-hybridized carbons (Fsp3) is 0.562. The molecule has 1 atom stereocenters. The van der Waals surface area contributed by atoms with Crippen LogP contribution in [-0.2, 0) is 4.74 Å². The molecule has 1 rings (SSSR count). The molecule has 2 N–H and O–H groups in total. The lowest BCUT2D eigenvalue weighted by molar-refractivity contribution is 0.0378. The maximum atomic E-state index is 11.7. The van der Waals surface area contributed by atoms with Gasteiger partial charge in [-0.2, -0.15) is 0 Å². The van der Waals surface area contributed by atoms with Crippen LogP contribution in [0.1, 0.15) is 42.2 Å². The van der Waals surface area contributed by atoms with Crippen LogP contribution in [0.4, 0.5) is 0 Å². The lowest BCUT2D eigenvalue weighted by atomic mass is 10.0. The molecule has 0 heterocycles. The van der Waals surface area contributed by atoms with Gasteiger partial charge in [0.2, 0.25) is 0 Å². The van der Waals surface area contributed by atoms with Gasteiger partial charge >= 0.3 is 5.97 Å². The summed E-state index contributed by atoms with van der Waals surface area (Å²) < 4.78 is 5.16. The van der Waals surface area contributed by atoms with Crippen LogP contribution in [0, 0.1) is 0 Å². The molecule has 0 saturated carbocycles. The topological polar surface area (TPSA) is 52.3 Å². The van der Waals surface area contributed by atoms with Gasteiger partial charge in [0.05, 0.1) is 11.7 Å². The molecule has 0 saturated heterocycles. The van der Waals surface area contributed by atoms with Crippen molar-refractivity contribution in [2.24, 2.45) is 5.73 Å². The first-order chi connectivity index (χ1) is 9.19. The van der Waals surface area contributed by atoms with Gasteiger partial charge in [0.15, 0.2) is 0 Å². The molecule has 0 radical (unpaired) electrons. The number of carbonyl (C=O) groups is 1. The van der Waals surface area contributed by atoms with Crippen LogP contribution >= 0.6 is 0 Å². The number of ether oxygens (including phenoxy) is 1. The first-order valence-corrected chi connectivity index (χ1v) is 11.0. The molecular weight excluding hydrogens is 266 g/mol. The van der Waals surface area contributed by atoms with E-state index in [1.165, 1.54) is 6.04 Å². The van der Waals surface area contributed by atoms with Crippen LogP contribution in [0.15, 0.2) is 24.3 Å². The summed E-state index contributed by atoms with van der Waals surface area (Å²) in [5.74, 6) is -0.276. The van der Waals surface area contributed by atoms with E-state index in [0.29, 0.717) is 5.56 Å². The van der Waals surface area contributed by atoms with Gasteiger partial charge in [-0.1, -0.05) is 37.8 Å². The maximum Gasteiger partial charge on any atom is 0.338 e. The number of esters is 1. The first kappa shape index (κ1) is 16.9. The van der Waals surface area contributed by atoms with Crippen LogP contribution in [0.2, 0.25) is 25.7 Å². The molecule has 0 aliphatic rings. The summed E-state index contributed by atoms with van der Waals surface area (Å²) >= 11 is 0. The Kier molecular flexibility index (Phi) is 5.96. The fourth-order valence-electron chi connectivity index (χ4n) is 1.90. The van der Waals surface area contributed by atoms with E-state index in [2.05, 4.69) is 19.6 Å². The monoisotopic (exact) mass is 293 g/mol. The second kappa shape index (κ2) is 7.04. The van der Waals surface area contributed by atoms with Crippen LogP contribution in [0.3, 0.4) is 0 Å². The second-order valence-corrected chi connectivity index (χ2v) is 12.4. The highest BCUT2D eigenvalue weighted by Crippen LogP contribution is 2.21. The zero-order chi connectivity index (χ0) is 15.3. The minimum absolute atomic E-state index is 0.0527. The number of carbonyl (C=O) groups excluding carboxylic acids is 1. The third-order valence-corrected chi connectivity index (χ3v) is 4.91. The summed E-state index contributed by atoms with van der Waals surface area (Å²) in [5.41, 5.74) is 7.89. The average Bonchev–Trinajstić information content (AvgIpc) is 2.34. The third kappa shape index (κ3) is 5.88. The molecule has 0 spiro atoms. The highest BCUT2D eigenvalue weighted by molar-refractivity contribution is 6.76. The summed E-state index contributed by atoms with van der Waals surface area (Å²) in [6, 6.07) is 8.74. The van der Waals surface area contributed by atoms with Crippen molar-refractivity contribution in [3.8, 4) is 0 Å². The van der Waals surface area contributed by atoms with Crippen molar-refractivity contribution in [3.63, 3.8) is 0 Å². The molecule has 0 amide bonds. The van der Waals surface area contributed by atoms with Crippen molar-refractivity contribution in [1.29, 1.82) is 0 Å². The van der Waals surface area contributed by atoms with E-state index in [9.17, 15) is 4.79 Å². The van der Waals surface area contributed by atoms with E-state index in [1.54, 1.807) is 12.1 Å². The quantitative estimate of drug-likeness (QED) is 0.637. The minimum atomic E-state index is -1.05. The SMILES string of the molecule is CC(C)OC(=O)c1ccc([C@H](N)CC[Si](C)(C)C)cc1. The molecule has 0 aliphatic carbocycles. The Morgan fingerprint density at radius 1 is 1.20 bits per heavy atom. The van der Waals surface area contributed by atoms with E-state index >= 15 is 0 Å². The summed E-state index contributed by atoms with van der Waals surface area (Å²) in [5, 5.41) is 0. The van der Waals surface area contributed by atoms with Gasteiger partial charge in [-0.25, -0.2) is 4.79 Å². The number of benzene rings is 1. The number of hydrogen-bond donors (Lipinski definition) is 1. The van der Waals surface area contributed by atoms with E-state index in [1.807, 2.05) is 26.0 Å². The molecule has 1 aromatic rings. The van der Waals surface area contributed by atoms with Crippen molar-refractivity contribution in [1.82, 2.24) is 0 Å². The molecule has 0 unspecified atom stereocenters. The van der Waals surface area contributed by atoms with Gasteiger partial charge in [-0.05, 0) is 38.0 Å². The van der Waals surface area contributed by atoms with Crippen molar-refractivity contribution in [2.45, 2.75) is 58.1 Å². The van der Waals surface area contributed by atoms with Crippen LogP contribution in [0.25, 0.3) is 0 Å². The Labute approximate surface area is 123 Å². The van der Waals surface area contributed by atoms with E-state index < -0.39 is 8.07 Å². The largest absolute Gasteiger partial charge is 0.459 e. The van der Waals surface area contributed by atoms with Gasteiger partial charge in [0, 0.05) is 14.1 Å². The second-order valence-electron chi connectivity index (χ2n) is 6.78. The Bertz CT molecular complexity index is 435. The summed E-state index contributed by atoms with van der Waals surface area (Å²) in [6.45, 7) is 10.7. The zero-order valence-corrected chi connectivity index (χ0v) is 14.3. The predicted octanol–water partition coefficient (Wildman–Crippen LogP) is 3.98. The number of nitrogens with two attached hydrogens (primary N) is 1. The molecular formula is C16H27NO2Si. The molecule has 3 nitrogen and oxygen atoms in total. The summed E-state index contributed by atoms with van der Waals surface area (Å²) in [7, 11) is -1.05. The standard InChI is InChI=1S/C16H27NO2Si/c1-12(2)19-16(18)14-8-6-13(7-9-14)15(17)10-11-20(3,4)5/h6-9,12,15H,10-11,17H2,1-5H3/t15-/m1/s1. The van der Waals surface area contributed by atoms with Crippen LogP contribution < -0.4 is 5.73 Å². The van der Waals surface area contributed by atoms with Crippen molar-refractivity contribution in [2.75, 3.05) is 0 Å².